The van der Waals surface area contributed by atoms with Crippen LogP contribution in [0.2, 0.25) is 0 Å². The summed E-state index contributed by atoms with van der Waals surface area (Å²) in [6.07, 6.45) is -4.26. The standard InChI is InChI=1S/C5H8F3NOS/c1-9-2-4(10)11-3-5(6,7)8/h9H,2-3H2,1H3. The van der Waals surface area contributed by atoms with E-state index in [0.717, 1.165) is 0 Å². The van der Waals surface area contributed by atoms with E-state index >= 15 is 0 Å². The molecule has 0 aromatic carbocycles. The summed E-state index contributed by atoms with van der Waals surface area (Å²) in [6.45, 7) is -0.0270. The molecule has 0 aliphatic carbocycles. The predicted molar refractivity (Wildman–Crippen MR) is 37.4 cm³/mol. The maximum absolute atomic E-state index is 11.5. The van der Waals surface area contributed by atoms with E-state index in [4.69, 9.17) is 0 Å². The number of hydrogen-bond acceptors (Lipinski definition) is 3. The van der Waals surface area contributed by atoms with E-state index in [1.807, 2.05) is 0 Å². The smallest absolute Gasteiger partial charge is 0.312 e. The molecule has 1 N–H and O–H groups in total. The fourth-order valence-corrected chi connectivity index (χ4v) is 0.929. The quantitative estimate of drug-likeness (QED) is 0.715. The molecule has 0 aliphatic rings. The molecule has 0 saturated heterocycles. The summed E-state index contributed by atoms with van der Waals surface area (Å²) in [5, 5.41) is 1.97. The van der Waals surface area contributed by atoms with Crippen molar-refractivity contribution in [1.82, 2.24) is 5.32 Å². The molecule has 11 heavy (non-hydrogen) atoms. The Labute approximate surface area is 66.5 Å². The van der Waals surface area contributed by atoms with Crippen LogP contribution in [0.5, 0.6) is 0 Å². The molecule has 0 radical (unpaired) electrons. The van der Waals surface area contributed by atoms with Crippen molar-refractivity contribution in [3.05, 3.63) is 0 Å². The Morgan fingerprint density at radius 2 is 2.09 bits per heavy atom. The van der Waals surface area contributed by atoms with E-state index in [2.05, 4.69) is 5.32 Å². The van der Waals surface area contributed by atoms with Gasteiger partial charge in [-0.1, -0.05) is 11.8 Å². The third-order valence-corrected chi connectivity index (χ3v) is 1.66. The van der Waals surface area contributed by atoms with Gasteiger partial charge in [0.15, 0.2) is 0 Å². The number of nitrogens with one attached hydrogen (secondary N) is 1. The summed E-state index contributed by atoms with van der Waals surface area (Å²) in [5.74, 6) is -1.10. The average molecular weight is 187 g/mol. The normalized spacial score (nSPS) is 11.6. The summed E-state index contributed by atoms with van der Waals surface area (Å²) >= 11 is 0.282. The second kappa shape index (κ2) is 4.61. The maximum atomic E-state index is 11.5. The van der Waals surface area contributed by atoms with Gasteiger partial charge < -0.3 is 5.32 Å². The first-order valence-electron chi connectivity index (χ1n) is 2.82. The van der Waals surface area contributed by atoms with Crippen molar-refractivity contribution < 1.29 is 18.0 Å². The van der Waals surface area contributed by atoms with Gasteiger partial charge in [0.1, 0.15) is 0 Å². The Balaban J connectivity index is 3.46. The van der Waals surface area contributed by atoms with E-state index in [-0.39, 0.29) is 18.3 Å². The van der Waals surface area contributed by atoms with Crippen molar-refractivity contribution in [2.45, 2.75) is 6.18 Å². The largest absolute Gasteiger partial charge is 0.398 e. The highest BCUT2D eigenvalue weighted by Crippen LogP contribution is 2.20. The zero-order chi connectivity index (χ0) is 8.91. The molecule has 0 aliphatic heterocycles. The number of likely N-dealkylation sites (N-methyl/N-ethyl adjacent to an activating group) is 1. The minimum atomic E-state index is -4.26. The first kappa shape index (κ1) is 10.8. The number of rotatable bonds is 3. The SMILES string of the molecule is CNCC(=O)SCC(F)(F)F. The molecule has 0 aromatic rings. The molecule has 0 saturated carbocycles. The van der Waals surface area contributed by atoms with Crippen molar-refractivity contribution in [3.8, 4) is 0 Å². The lowest BCUT2D eigenvalue weighted by molar-refractivity contribution is -0.113. The molecule has 0 fully saturated rings. The van der Waals surface area contributed by atoms with Crippen LogP contribution in [-0.2, 0) is 4.79 Å². The molecule has 0 aromatic heterocycles. The Hall–Kier alpha value is -0.230. The van der Waals surface area contributed by atoms with E-state index in [1.54, 1.807) is 0 Å². The van der Waals surface area contributed by atoms with Crippen LogP contribution in [0.4, 0.5) is 13.2 Å². The summed E-state index contributed by atoms with van der Waals surface area (Å²) in [7, 11) is 1.51. The number of alkyl halides is 3. The lowest BCUT2D eigenvalue weighted by Crippen LogP contribution is -2.19. The van der Waals surface area contributed by atoms with Crippen LogP contribution in [0, 0.1) is 0 Å². The molecule has 66 valence electrons. The van der Waals surface area contributed by atoms with Crippen molar-refractivity contribution in [2.75, 3.05) is 19.3 Å². The minimum absolute atomic E-state index is 0.0270. The first-order chi connectivity index (χ1) is 4.95. The summed E-state index contributed by atoms with van der Waals surface area (Å²) in [4.78, 5) is 10.5. The molecular weight excluding hydrogens is 179 g/mol. The van der Waals surface area contributed by atoms with Gasteiger partial charge in [-0.05, 0) is 7.05 Å². The van der Waals surface area contributed by atoms with Gasteiger partial charge >= 0.3 is 6.18 Å². The lowest BCUT2D eigenvalue weighted by Gasteiger charge is -2.03. The number of thioether (sulfide) groups is 1. The molecular formula is C5H8F3NOS. The Kier molecular flexibility index (Phi) is 4.51. The van der Waals surface area contributed by atoms with Crippen molar-refractivity contribution in [3.63, 3.8) is 0 Å². The van der Waals surface area contributed by atoms with Crippen LogP contribution >= 0.6 is 11.8 Å². The fourth-order valence-electron chi connectivity index (χ4n) is 0.358. The third kappa shape index (κ3) is 7.67. The summed E-state index contributed by atoms with van der Waals surface area (Å²) in [6, 6.07) is 0. The molecule has 0 unspecified atom stereocenters. The zero-order valence-electron chi connectivity index (χ0n) is 5.86. The van der Waals surface area contributed by atoms with Gasteiger partial charge in [-0.25, -0.2) is 0 Å². The second-order valence-electron chi connectivity index (χ2n) is 1.81. The van der Waals surface area contributed by atoms with Gasteiger partial charge in [0.25, 0.3) is 0 Å². The molecule has 0 amide bonds. The molecule has 0 spiro atoms. The zero-order valence-corrected chi connectivity index (χ0v) is 6.68. The van der Waals surface area contributed by atoms with Crippen LogP contribution in [-0.4, -0.2) is 30.6 Å². The van der Waals surface area contributed by atoms with Gasteiger partial charge in [-0.2, -0.15) is 13.2 Å². The van der Waals surface area contributed by atoms with Gasteiger partial charge in [0.2, 0.25) is 5.12 Å². The van der Waals surface area contributed by atoms with Crippen molar-refractivity contribution in [2.24, 2.45) is 0 Å². The topological polar surface area (TPSA) is 29.1 Å². The second-order valence-corrected chi connectivity index (χ2v) is 2.84. The van der Waals surface area contributed by atoms with Crippen LogP contribution in [0.25, 0.3) is 0 Å². The Morgan fingerprint density at radius 1 is 1.55 bits per heavy atom. The van der Waals surface area contributed by atoms with Crippen LogP contribution in [0.3, 0.4) is 0 Å². The average Bonchev–Trinajstić information content (AvgIpc) is 1.83. The highest BCUT2D eigenvalue weighted by Gasteiger charge is 2.28. The molecule has 0 bridgehead atoms. The van der Waals surface area contributed by atoms with Crippen LogP contribution in [0.1, 0.15) is 0 Å². The van der Waals surface area contributed by atoms with Gasteiger partial charge in [0.05, 0.1) is 12.3 Å². The lowest BCUT2D eigenvalue weighted by atomic mass is 10.7. The van der Waals surface area contributed by atoms with Crippen molar-refractivity contribution in [1.29, 1.82) is 0 Å². The summed E-state index contributed by atoms with van der Waals surface area (Å²) < 4.78 is 34.4. The van der Waals surface area contributed by atoms with Gasteiger partial charge in [-0.3, -0.25) is 4.79 Å². The number of carbonyl (C=O) groups excluding carboxylic acids is 1. The van der Waals surface area contributed by atoms with E-state index in [1.165, 1.54) is 7.05 Å². The monoisotopic (exact) mass is 187 g/mol. The van der Waals surface area contributed by atoms with Crippen LogP contribution < -0.4 is 5.32 Å². The van der Waals surface area contributed by atoms with Crippen LogP contribution in [0.15, 0.2) is 0 Å². The molecule has 6 heteroatoms. The number of carbonyl (C=O) groups is 1. The Morgan fingerprint density at radius 3 is 2.45 bits per heavy atom. The molecule has 0 rings (SSSR count). The predicted octanol–water partition coefficient (Wildman–Crippen LogP) is 1.03. The summed E-state index contributed by atoms with van der Waals surface area (Å²) in [5.41, 5.74) is 0. The van der Waals surface area contributed by atoms with Gasteiger partial charge in [-0.15, -0.1) is 0 Å². The number of hydrogen-bond donors (Lipinski definition) is 1. The Bertz CT molecular complexity index is 136. The van der Waals surface area contributed by atoms with Crippen molar-refractivity contribution >= 4 is 16.9 Å². The molecule has 0 atom stereocenters. The highest BCUT2D eigenvalue weighted by atomic mass is 32.2. The van der Waals surface area contributed by atoms with E-state index in [0.29, 0.717) is 0 Å². The number of halogens is 3. The highest BCUT2D eigenvalue weighted by molar-refractivity contribution is 8.13. The van der Waals surface area contributed by atoms with E-state index in [9.17, 15) is 18.0 Å². The molecule has 2 nitrogen and oxygen atoms in total. The molecule has 0 heterocycles. The third-order valence-electron chi connectivity index (χ3n) is 0.718. The maximum Gasteiger partial charge on any atom is 0.398 e. The van der Waals surface area contributed by atoms with Gasteiger partial charge in [0, 0.05) is 0 Å². The minimum Gasteiger partial charge on any atom is -0.312 e. The first-order valence-corrected chi connectivity index (χ1v) is 3.81. The van der Waals surface area contributed by atoms with E-state index < -0.39 is 17.0 Å². The fraction of sp³-hybridized carbons (Fsp3) is 0.800.